The summed E-state index contributed by atoms with van der Waals surface area (Å²) >= 11 is 0. The summed E-state index contributed by atoms with van der Waals surface area (Å²) in [5.41, 5.74) is 11.6. The molecule has 1 aromatic carbocycles. The molecule has 0 spiro atoms. The van der Waals surface area contributed by atoms with Gasteiger partial charge in [-0.25, -0.2) is 4.98 Å². The van der Waals surface area contributed by atoms with E-state index in [1.165, 1.54) is 5.56 Å². The zero-order valence-corrected chi connectivity index (χ0v) is 17.6. The Morgan fingerprint density at radius 1 is 1.23 bits per heavy atom. The van der Waals surface area contributed by atoms with E-state index in [1.54, 1.807) is 0 Å². The number of anilines is 1. The van der Waals surface area contributed by atoms with E-state index >= 15 is 0 Å². The molecule has 154 valence electrons. The molecule has 6 heteroatoms. The van der Waals surface area contributed by atoms with Crippen LogP contribution in [0.25, 0.3) is 16.7 Å². The molecule has 6 nitrogen and oxygen atoms in total. The molecule has 0 bridgehead atoms. The monoisotopic (exact) mass is 401 g/mol. The second-order valence-corrected chi connectivity index (χ2v) is 9.53. The minimum Gasteiger partial charge on any atom is -0.369 e. The summed E-state index contributed by atoms with van der Waals surface area (Å²) in [7, 11) is 0. The number of rotatable bonds is 2. The van der Waals surface area contributed by atoms with Crippen LogP contribution in [0.2, 0.25) is 0 Å². The number of amides is 1. The molecule has 2 aliphatic rings. The lowest BCUT2D eigenvalue weighted by Crippen LogP contribution is -2.40. The molecule has 1 aliphatic carbocycles. The molecule has 0 saturated carbocycles. The first-order valence-corrected chi connectivity index (χ1v) is 10.8. The first kappa shape index (κ1) is 18.9. The zero-order chi connectivity index (χ0) is 21.0. The highest BCUT2D eigenvalue weighted by Gasteiger charge is 2.35. The van der Waals surface area contributed by atoms with Gasteiger partial charge in [0.15, 0.2) is 5.65 Å². The summed E-state index contributed by atoms with van der Waals surface area (Å²) in [6.45, 7) is 6.19. The molecule has 3 heterocycles. The van der Waals surface area contributed by atoms with Gasteiger partial charge in [-0.2, -0.15) is 5.26 Å². The number of benzene rings is 1. The summed E-state index contributed by atoms with van der Waals surface area (Å²) in [4.78, 5) is 19.0. The summed E-state index contributed by atoms with van der Waals surface area (Å²) in [5, 5.41) is 10.1. The van der Waals surface area contributed by atoms with Gasteiger partial charge in [0, 0.05) is 19.0 Å². The highest BCUT2D eigenvalue weighted by atomic mass is 16.1. The van der Waals surface area contributed by atoms with E-state index in [1.807, 2.05) is 18.2 Å². The number of piperidine rings is 1. The van der Waals surface area contributed by atoms with E-state index in [0.29, 0.717) is 5.56 Å². The minimum absolute atomic E-state index is 0.0538. The van der Waals surface area contributed by atoms with Crippen LogP contribution in [0, 0.1) is 22.7 Å². The number of primary amides is 1. The molecule has 0 unspecified atom stereocenters. The van der Waals surface area contributed by atoms with E-state index in [9.17, 15) is 10.1 Å². The Morgan fingerprint density at radius 3 is 2.67 bits per heavy atom. The lowest BCUT2D eigenvalue weighted by atomic mass is 9.73. The Bertz CT molecular complexity index is 1210. The highest BCUT2D eigenvalue weighted by Crippen LogP contribution is 2.43. The molecular formula is C24H27N5O. The van der Waals surface area contributed by atoms with Crippen molar-refractivity contribution in [1.29, 1.82) is 5.26 Å². The van der Waals surface area contributed by atoms with Gasteiger partial charge in [0.05, 0.1) is 16.6 Å². The lowest BCUT2D eigenvalue weighted by molar-refractivity contribution is -0.122. The van der Waals surface area contributed by atoms with Crippen LogP contribution in [0.4, 0.5) is 5.82 Å². The number of imidazole rings is 1. The number of carbonyl (C=O) groups is 1. The highest BCUT2D eigenvalue weighted by molar-refractivity contribution is 5.86. The maximum Gasteiger partial charge on any atom is 0.220 e. The van der Waals surface area contributed by atoms with Crippen molar-refractivity contribution in [1.82, 2.24) is 9.38 Å². The Morgan fingerprint density at radius 2 is 1.97 bits per heavy atom. The average molecular weight is 402 g/mol. The van der Waals surface area contributed by atoms with Crippen LogP contribution in [0.1, 0.15) is 49.8 Å². The van der Waals surface area contributed by atoms with Gasteiger partial charge >= 0.3 is 0 Å². The number of aromatic nitrogens is 2. The van der Waals surface area contributed by atoms with Crippen molar-refractivity contribution in [2.75, 3.05) is 18.0 Å². The van der Waals surface area contributed by atoms with Crippen molar-refractivity contribution < 1.29 is 4.79 Å². The van der Waals surface area contributed by atoms with Crippen LogP contribution < -0.4 is 10.6 Å². The SMILES string of the molecule is CC1(C)CCc2c(c(N3CCC(C(N)=O)CC3)n3c(nc4ccccc43)c2C#N)C1. The second-order valence-electron chi connectivity index (χ2n) is 9.53. The number of nitriles is 1. The summed E-state index contributed by atoms with van der Waals surface area (Å²) in [6.07, 6.45) is 4.43. The predicted octanol–water partition coefficient (Wildman–Crippen LogP) is 3.58. The Hall–Kier alpha value is -3.07. The molecule has 1 fully saturated rings. The topological polar surface area (TPSA) is 87.4 Å². The van der Waals surface area contributed by atoms with Crippen LogP contribution in [-0.2, 0) is 17.6 Å². The lowest BCUT2D eigenvalue weighted by Gasteiger charge is -2.39. The van der Waals surface area contributed by atoms with Gasteiger partial charge in [-0.3, -0.25) is 9.20 Å². The van der Waals surface area contributed by atoms with E-state index in [0.717, 1.165) is 73.3 Å². The van der Waals surface area contributed by atoms with Gasteiger partial charge in [-0.05, 0) is 60.8 Å². The first-order chi connectivity index (χ1) is 14.4. The van der Waals surface area contributed by atoms with Crippen molar-refractivity contribution in [3.8, 4) is 6.07 Å². The summed E-state index contributed by atoms with van der Waals surface area (Å²) in [5.74, 6) is 0.904. The molecule has 0 radical (unpaired) electrons. The molecule has 0 atom stereocenters. The number of hydrogen-bond donors (Lipinski definition) is 1. The number of fused-ring (bicyclic) bond motifs is 4. The fourth-order valence-electron chi connectivity index (χ4n) is 5.28. The third-order valence-corrected chi connectivity index (χ3v) is 6.95. The van der Waals surface area contributed by atoms with Crippen molar-refractivity contribution in [2.24, 2.45) is 17.1 Å². The number of para-hydroxylation sites is 2. The number of pyridine rings is 1. The number of hydrogen-bond acceptors (Lipinski definition) is 4. The molecular weight excluding hydrogens is 374 g/mol. The molecule has 30 heavy (non-hydrogen) atoms. The van der Waals surface area contributed by atoms with Crippen molar-refractivity contribution in [3.63, 3.8) is 0 Å². The minimum atomic E-state index is -0.198. The van der Waals surface area contributed by atoms with E-state index in [-0.39, 0.29) is 17.2 Å². The molecule has 5 rings (SSSR count). The zero-order valence-electron chi connectivity index (χ0n) is 17.6. The van der Waals surface area contributed by atoms with Gasteiger partial charge in [-0.15, -0.1) is 0 Å². The van der Waals surface area contributed by atoms with E-state index in [4.69, 9.17) is 10.7 Å². The molecule has 1 saturated heterocycles. The normalized spacial score (nSPS) is 19.0. The largest absolute Gasteiger partial charge is 0.369 e. The Kier molecular flexibility index (Phi) is 4.25. The fourth-order valence-corrected chi connectivity index (χ4v) is 5.28. The molecule has 2 N–H and O–H groups in total. The molecule has 3 aromatic rings. The standard InChI is InChI=1S/C24H27N5O/c1-24(2)10-7-16-17(13-24)23(28-11-8-15(9-12-28)21(26)30)29-20-6-4-3-5-19(20)27-22(29)18(16)14-25/h3-6,15H,7-13H2,1-2H3,(H2,26,30). The second kappa shape index (κ2) is 6.73. The van der Waals surface area contributed by atoms with Crippen molar-refractivity contribution in [3.05, 3.63) is 41.0 Å². The third-order valence-electron chi connectivity index (χ3n) is 6.95. The predicted molar refractivity (Wildman–Crippen MR) is 117 cm³/mol. The summed E-state index contributed by atoms with van der Waals surface area (Å²) in [6, 6.07) is 10.6. The van der Waals surface area contributed by atoms with Crippen molar-refractivity contribution in [2.45, 2.75) is 46.0 Å². The maximum absolute atomic E-state index is 11.7. The van der Waals surface area contributed by atoms with Gasteiger partial charge in [-0.1, -0.05) is 26.0 Å². The van der Waals surface area contributed by atoms with Gasteiger partial charge < -0.3 is 10.6 Å². The smallest absolute Gasteiger partial charge is 0.220 e. The molecule has 1 amide bonds. The number of nitrogens with two attached hydrogens (primary N) is 1. The van der Waals surface area contributed by atoms with Gasteiger partial charge in [0.1, 0.15) is 11.9 Å². The first-order valence-electron chi connectivity index (χ1n) is 10.8. The van der Waals surface area contributed by atoms with Crippen LogP contribution in [0.5, 0.6) is 0 Å². The molecule has 1 aliphatic heterocycles. The van der Waals surface area contributed by atoms with Crippen LogP contribution in [0.15, 0.2) is 24.3 Å². The van der Waals surface area contributed by atoms with E-state index < -0.39 is 0 Å². The number of nitrogens with zero attached hydrogens (tertiary/aromatic N) is 4. The van der Waals surface area contributed by atoms with E-state index in [2.05, 4.69) is 35.3 Å². The number of carbonyl (C=O) groups excluding carboxylic acids is 1. The summed E-state index contributed by atoms with van der Waals surface area (Å²) < 4.78 is 2.19. The van der Waals surface area contributed by atoms with Crippen LogP contribution in [0.3, 0.4) is 0 Å². The van der Waals surface area contributed by atoms with Gasteiger partial charge in [0.2, 0.25) is 5.91 Å². The Balaban J connectivity index is 1.79. The fraction of sp³-hybridized carbons (Fsp3) is 0.458. The third kappa shape index (κ3) is 2.84. The van der Waals surface area contributed by atoms with Crippen LogP contribution in [-0.4, -0.2) is 28.4 Å². The molecule has 2 aromatic heterocycles. The van der Waals surface area contributed by atoms with Crippen LogP contribution >= 0.6 is 0 Å². The Labute approximate surface area is 176 Å². The van der Waals surface area contributed by atoms with Gasteiger partial charge in [0.25, 0.3) is 0 Å². The van der Waals surface area contributed by atoms with Crippen molar-refractivity contribution >= 4 is 28.4 Å². The average Bonchev–Trinajstić information content (AvgIpc) is 3.10. The maximum atomic E-state index is 11.7. The quantitative estimate of drug-likeness (QED) is 0.711.